The fraction of sp³-hybridized carbons (Fsp3) is 0.700. The smallest absolute Gasteiger partial charge is 0.355 e. The third-order valence-corrected chi connectivity index (χ3v) is 5.73. The Kier molecular flexibility index (Phi) is 7.98. The van der Waals surface area contributed by atoms with E-state index < -0.39 is 11.7 Å². The molecule has 1 aliphatic heterocycles. The topological polar surface area (TPSA) is 36.4 Å². The van der Waals surface area contributed by atoms with Crippen LogP contribution in [0.25, 0.3) is 0 Å². The zero-order chi connectivity index (χ0) is 20.9. The van der Waals surface area contributed by atoms with E-state index in [1.54, 1.807) is 0 Å². The van der Waals surface area contributed by atoms with Gasteiger partial charge in [0, 0.05) is 37.8 Å². The van der Waals surface area contributed by atoms with Crippen molar-refractivity contribution in [3.8, 4) is 0 Å². The minimum atomic E-state index is -4.47. The van der Waals surface area contributed by atoms with Crippen molar-refractivity contribution in [2.75, 3.05) is 24.5 Å². The van der Waals surface area contributed by atoms with Gasteiger partial charge < -0.3 is 9.80 Å². The summed E-state index contributed by atoms with van der Waals surface area (Å²) < 4.78 is 38.4. The number of anilines is 1. The fourth-order valence-corrected chi connectivity index (χ4v) is 3.77. The molecule has 1 aliphatic rings. The zero-order valence-electron chi connectivity index (χ0n) is 16.7. The molecule has 0 bridgehead atoms. The van der Waals surface area contributed by atoms with Crippen LogP contribution in [-0.4, -0.2) is 41.5 Å². The van der Waals surface area contributed by atoms with Crippen molar-refractivity contribution in [1.29, 1.82) is 0 Å². The molecular formula is C20H29ClF3N3O. The number of unbranched alkanes of at least 4 members (excludes halogenated alkanes) is 1. The molecule has 28 heavy (non-hydrogen) atoms. The van der Waals surface area contributed by atoms with Gasteiger partial charge in [0.15, 0.2) is 0 Å². The summed E-state index contributed by atoms with van der Waals surface area (Å²) >= 11 is 6.06. The van der Waals surface area contributed by atoms with E-state index in [0.29, 0.717) is 31.7 Å². The monoisotopic (exact) mass is 419 g/mol. The van der Waals surface area contributed by atoms with Crippen LogP contribution in [0.15, 0.2) is 12.3 Å². The van der Waals surface area contributed by atoms with E-state index >= 15 is 0 Å². The van der Waals surface area contributed by atoms with Gasteiger partial charge in [-0.15, -0.1) is 0 Å². The first-order valence-corrected chi connectivity index (χ1v) is 10.3. The predicted molar refractivity (Wildman–Crippen MR) is 106 cm³/mol. The Bertz CT molecular complexity index is 661. The summed E-state index contributed by atoms with van der Waals surface area (Å²) in [5.74, 6) is 0.481. The number of rotatable bonds is 7. The molecule has 0 saturated carbocycles. The molecule has 2 rings (SSSR count). The molecule has 0 spiro atoms. The minimum Gasteiger partial charge on any atom is -0.355 e. The lowest BCUT2D eigenvalue weighted by molar-refractivity contribution is -0.139. The van der Waals surface area contributed by atoms with Crippen LogP contribution in [0.2, 0.25) is 5.02 Å². The molecule has 1 unspecified atom stereocenters. The van der Waals surface area contributed by atoms with Crippen molar-refractivity contribution >= 4 is 23.3 Å². The Labute approximate surface area is 170 Å². The summed E-state index contributed by atoms with van der Waals surface area (Å²) in [7, 11) is 0. The maximum atomic E-state index is 13.0. The van der Waals surface area contributed by atoms with E-state index in [9.17, 15) is 18.0 Å². The van der Waals surface area contributed by atoms with E-state index in [4.69, 9.17) is 11.6 Å². The zero-order valence-corrected chi connectivity index (χ0v) is 17.5. The van der Waals surface area contributed by atoms with Crippen LogP contribution in [0.4, 0.5) is 19.0 Å². The van der Waals surface area contributed by atoms with E-state index in [1.807, 2.05) is 9.80 Å². The molecular weight excluding hydrogens is 391 g/mol. The Morgan fingerprint density at radius 2 is 2.00 bits per heavy atom. The SMILES string of the molecule is CCCCN(C(=O)C1CCN(c2ncc(C(F)(F)F)cc2Cl)CC1)C(C)CC. The van der Waals surface area contributed by atoms with Crippen LogP contribution in [-0.2, 0) is 11.0 Å². The number of carbonyl (C=O) groups is 1. The Balaban J connectivity index is 2.02. The van der Waals surface area contributed by atoms with E-state index in [1.165, 1.54) is 0 Å². The van der Waals surface area contributed by atoms with Gasteiger partial charge in [0.1, 0.15) is 5.82 Å². The molecule has 1 aromatic rings. The van der Waals surface area contributed by atoms with Gasteiger partial charge in [0.25, 0.3) is 0 Å². The Morgan fingerprint density at radius 1 is 1.36 bits per heavy atom. The molecule has 0 radical (unpaired) electrons. The van der Waals surface area contributed by atoms with Crippen molar-refractivity contribution in [2.24, 2.45) is 5.92 Å². The van der Waals surface area contributed by atoms with Crippen molar-refractivity contribution in [3.63, 3.8) is 0 Å². The summed E-state index contributed by atoms with van der Waals surface area (Å²) in [6, 6.07) is 1.12. The molecule has 4 nitrogen and oxygen atoms in total. The molecule has 0 N–H and O–H groups in total. The van der Waals surface area contributed by atoms with Crippen molar-refractivity contribution in [2.45, 2.75) is 65.1 Å². The highest BCUT2D eigenvalue weighted by Crippen LogP contribution is 2.35. The van der Waals surface area contributed by atoms with E-state index in [2.05, 4.69) is 25.8 Å². The lowest BCUT2D eigenvalue weighted by atomic mass is 9.94. The second kappa shape index (κ2) is 9.81. The highest BCUT2D eigenvalue weighted by Gasteiger charge is 2.34. The number of amides is 1. The number of carbonyl (C=O) groups excluding carboxylic acids is 1. The molecule has 0 aromatic carbocycles. The van der Waals surface area contributed by atoms with Gasteiger partial charge >= 0.3 is 6.18 Å². The molecule has 0 aliphatic carbocycles. The quantitative estimate of drug-likeness (QED) is 0.593. The number of halogens is 4. The van der Waals surface area contributed by atoms with Crippen molar-refractivity contribution in [1.82, 2.24) is 9.88 Å². The minimum absolute atomic E-state index is 0.0104. The van der Waals surface area contributed by atoms with Gasteiger partial charge in [-0.25, -0.2) is 4.98 Å². The number of hydrogen-bond donors (Lipinski definition) is 0. The Morgan fingerprint density at radius 3 is 2.50 bits per heavy atom. The van der Waals surface area contributed by atoms with Crippen molar-refractivity contribution in [3.05, 3.63) is 22.8 Å². The number of piperidine rings is 1. The second-order valence-corrected chi connectivity index (χ2v) is 7.84. The van der Waals surface area contributed by atoms with Gasteiger partial charge in [0.05, 0.1) is 10.6 Å². The molecule has 1 amide bonds. The second-order valence-electron chi connectivity index (χ2n) is 7.43. The first-order chi connectivity index (χ1) is 13.2. The standard InChI is InChI=1S/C20H29ClF3N3O/c1-4-6-9-27(14(3)5-2)19(28)15-7-10-26(11-8-15)18-17(21)12-16(13-25-18)20(22,23)24/h12-15H,4-11H2,1-3H3. The molecule has 8 heteroatoms. The first kappa shape index (κ1) is 22.8. The van der Waals surface area contributed by atoms with Crippen LogP contribution in [0, 0.1) is 5.92 Å². The molecule has 1 fully saturated rings. The maximum absolute atomic E-state index is 13.0. The highest BCUT2D eigenvalue weighted by atomic mass is 35.5. The van der Waals surface area contributed by atoms with Crippen LogP contribution in [0.1, 0.15) is 58.4 Å². The Hall–Kier alpha value is -1.50. The van der Waals surface area contributed by atoms with Gasteiger partial charge in [-0.1, -0.05) is 31.9 Å². The van der Waals surface area contributed by atoms with Gasteiger partial charge in [-0.05, 0) is 38.7 Å². The number of nitrogens with zero attached hydrogens (tertiary/aromatic N) is 3. The lowest BCUT2D eigenvalue weighted by Gasteiger charge is -2.37. The third-order valence-electron chi connectivity index (χ3n) is 5.45. The van der Waals surface area contributed by atoms with E-state index in [-0.39, 0.29) is 22.9 Å². The fourth-order valence-electron chi connectivity index (χ4n) is 3.49. The van der Waals surface area contributed by atoms with Crippen LogP contribution >= 0.6 is 11.6 Å². The normalized spacial score (nSPS) is 16.9. The van der Waals surface area contributed by atoms with Crippen molar-refractivity contribution < 1.29 is 18.0 Å². The summed E-state index contributed by atoms with van der Waals surface area (Å²) in [5.41, 5.74) is -0.855. The number of aromatic nitrogens is 1. The third kappa shape index (κ3) is 5.52. The molecule has 2 heterocycles. The van der Waals surface area contributed by atoms with Gasteiger partial charge in [0.2, 0.25) is 5.91 Å². The summed E-state index contributed by atoms with van der Waals surface area (Å²) in [4.78, 5) is 20.8. The number of pyridine rings is 1. The molecule has 1 aromatic heterocycles. The predicted octanol–water partition coefficient (Wildman–Crippen LogP) is 5.40. The molecule has 158 valence electrons. The lowest BCUT2D eigenvalue weighted by Crippen LogP contribution is -2.46. The average molecular weight is 420 g/mol. The summed E-state index contributed by atoms with van der Waals surface area (Å²) in [6.45, 7) is 8.15. The van der Waals surface area contributed by atoms with E-state index in [0.717, 1.165) is 38.1 Å². The van der Waals surface area contributed by atoms with Gasteiger partial charge in [-0.3, -0.25) is 4.79 Å². The molecule has 1 saturated heterocycles. The highest BCUT2D eigenvalue weighted by molar-refractivity contribution is 6.33. The van der Waals surface area contributed by atoms with Gasteiger partial charge in [-0.2, -0.15) is 13.2 Å². The van der Waals surface area contributed by atoms with Crippen LogP contribution in [0.3, 0.4) is 0 Å². The average Bonchev–Trinajstić information content (AvgIpc) is 2.67. The first-order valence-electron chi connectivity index (χ1n) is 9.97. The number of hydrogen-bond acceptors (Lipinski definition) is 3. The number of alkyl halides is 3. The maximum Gasteiger partial charge on any atom is 0.417 e. The van der Waals surface area contributed by atoms with Crippen LogP contribution < -0.4 is 4.90 Å². The van der Waals surface area contributed by atoms with Crippen LogP contribution in [0.5, 0.6) is 0 Å². The summed E-state index contributed by atoms with van der Waals surface area (Å²) in [6.07, 6.45) is 0.588. The summed E-state index contributed by atoms with van der Waals surface area (Å²) in [5, 5.41) is -0.0104. The molecule has 1 atom stereocenters. The largest absolute Gasteiger partial charge is 0.417 e.